The number of hydrogen-bond donors (Lipinski definition) is 1. The molecule has 1 aromatic heterocycles. The van der Waals surface area contributed by atoms with Crippen molar-refractivity contribution in [2.45, 2.75) is 26.1 Å². The molecule has 0 aromatic carbocycles. The molecule has 0 saturated heterocycles. The Bertz CT molecular complexity index is 401. The van der Waals surface area contributed by atoms with Gasteiger partial charge in [0, 0.05) is 6.54 Å². The maximum Gasteiger partial charge on any atom is 0.406 e. The van der Waals surface area contributed by atoms with E-state index in [4.69, 9.17) is 10.2 Å². The lowest BCUT2D eigenvalue weighted by Crippen LogP contribution is -2.39. The number of rotatable bonds is 5. The molecule has 0 spiro atoms. The minimum atomic E-state index is -4.42. The number of furan rings is 1. The van der Waals surface area contributed by atoms with Gasteiger partial charge in [0.15, 0.2) is 5.76 Å². The average Bonchev–Trinajstić information content (AvgIpc) is 2.74. The van der Waals surface area contributed by atoms with E-state index in [-0.39, 0.29) is 18.8 Å². The molecule has 0 bridgehead atoms. The molecular formula is C11H15F3N2O2. The van der Waals surface area contributed by atoms with Crippen LogP contribution in [-0.4, -0.2) is 30.1 Å². The molecule has 1 amide bonds. The second kappa shape index (κ2) is 5.90. The van der Waals surface area contributed by atoms with Crippen LogP contribution in [0.4, 0.5) is 13.2 Å². The summed E-state index contributed by atoms with van der Waals surface area (Å²) in [4.78, 5) is 12.6. The Morgan fingerprint density at radius 2 is 2.11 bits per heavy atom. The second-order valence-corrected chi connectivity index (χ2v) is 3.81. The van der Waals surface area contributed by atoms with Gasteiger partial charge in [-0.05, 0) is 18.6 Å². The number of amides is 1. The average molecular weight is 264 g/mol. The topological polar surface area (TPSA) is 59.5 Å². The lowest BCUT2D eigenvalue weighted by Gasteiger charge is -2.22. The smallest absolute Gasteiger partial charge is 0.406 e. The van der Waals surface area contributed by atoms with Crippen molar-refractivity contribution in [3.05, 3.63) is 23.7 Å². The van der Waals surface area contributed by atoms with Gasteiger partial charge in [-0.3, -0.25) is 4.79 Å². The summed E-state index contributed by atoms with van der Waals surface area (Å²) in [6.07, 6.45) is -3.99. The first-order valence-corrected chi connectivity index (χ1v) is 5.52. The Morgan fingerprint density at radius 1 is 1.44 bits per heavy atom. The van der Waals surface area contributed by atoms with Gasteiger partial charge in [0.05, 0.1) is 6.54 Å². The molecule has 4 nitrogen and oxygen atoms in total. The number of halogens is 3. The van der Waals surface area contributed by atoms with E-state index < -0.39 is 18.6 Å². The Hall–Kier alpha value is -1.50. The van der Waals surface area contributed by atoms with E-state index in [2.05, 4.69) is 0 Å². The summed E-state index contributed by atoms with van der Waals surface area (Å²) in [6, 6.07) is 2.81. The van der Waals surface area contributed by atoms with Gasteiger partial charge in [0.1, 0.15) is 12.3 Å². The van der Waals surface area contributed by atoms with Gasteiger partial charge in [0.2, 0.25) is 0 Å². The van der Waals surface area contributed by atoms with Crippen LogP contribution in [0.15, 0.2) is 16.5 Å². The SMILES string of the molecule is CCCN(CC(F)(F)F)C(=O)c1ccc(CN)o1. The zero-order valence-electron chi connectivity index (χ0n) is 9.96. The van der Waals surface area contributed by atoms with E-state index in [1.807, 2.05) is 0 Å². The highest BCUT2D eigenvalue weighted by Gasteiger charge is 2.33. The quantitative estimate of drug-likeness (QED) is 0.886. The highest BCUT2D eigenvalue weighted by atomic mass is 19.4. The monoisotopic (exact) mass is 264 g/mol. The lowest BCUT2D eigenvalue weighted by molar-refractivity contribution is -0.140. The molecule has 0 aliphatic rings. The zero-order valence-corrected chi connectivity index (χ0v) is 9.96. The number of carbonyl (C=O) groups is 1. The summed E-state index contributed by atoms with van der Waals surface area (Å²) in [5.74, 6) is -0.524. The fourth-order valence-electron chi connectivity index (χ4n) is 1.50. The molecular weight excluding hydrogens is 249 g/mol. The van der Waals surface area contributed by atoms with E-state index in [0.717, 1.165) is 4.90 Å². The van der Waals surface area contributed by atoms with Crippen molar-refractivity contribution in [3.8, 4) is 0 Å². The second-order valence-electron chi connectivity index (χ2n) is 3.81. The van der Waals surface area contributed by atoms with Crippen molar-refractivity contribution < 1.29 is 22.4 Å². The third-order valence-corrected chi connectivity index (χ3v) is 2.22. The summed E-state index contributed by atoms with van der Waals surface area (Å²) in [5.41, 5.74) is 5.30. The third kappa shape index (κ3) is 4.06. The number of carbonyl (C=O) groups excluding carboxylic acids is 1. The Kier molecular flexibility index (Phi) is 4.77. The van der Waals surface area contributed by atoms with Crippen molar-refractivity contribution in [3.63, 3.8) is 0 Å². The molecule has 0 atom stereocenters. The maximum atomic E-state index is 12.3. The van der Waals surface area contributed by atoms with Crippen molar-refractivity contribution in [1.29, 1.82) is 0 Å². The van der Waals surface area contributed by atoms with E-state index in [9.17, 15) is 18.0 Å². The highest BCUT2D eigenvalue weighted by Crippen LogP contribution is 2.19. The fraction of sp³-hybridized carbons (Fsp3) is 0.545. The molecule has 7 heteroatoms. The van der Waals surface area contributed by atoms with E-state index in [1.165, 1.54) is 12.1 Å². The molecule has 0 saturated carbocycles. The van der Waals surface area contributed by atoms with E-state index >= 15 is 0 Å². The van der Waals surface area contributed by atoms with Crippen LogP contribution in [0.5, 0.6) is 0 Å². The van der Waals surface area contributed by atoms with Gasteiger partial charge in [0.25, 0.3) is 5.91 Å². The lowest BCUT2D eigenvalue weighted by atomic mass is 10.3. The number of nitrogens with zero attached hydrogens (tertiary/aromatic N) is 1. The molecule has 1 aromatic rings. The van der Waals surface area contributed by atoms with Crippen molar-refractivity contribution >= 4 is 5.91 Å². The van der Waals surface area contributed by atoms with Crippen molar-refractivity contribution in [2.75, 3.05) is 13.1 Å². The molecule has 1 heterocycles. The largest absolute Gasteiger partial charge is 0.455 e. The zero-order chi connectivity index (χ0) is 13.8. The molecule has 0 aliphatic carbocycles. The van der Waals surface area contributed by atoms with Crippen LogP contribution >= 0.6 is 0 Å². The molecule has 0 fully saturated rings. The summed E-state index contributed by atoms with van der Waals surface area (Å²) >= 11 is 0. The number of hydrogen-bond acceptors (Lipinski definition) is 3. The van der Waals surface area contributed by atoms with Crippen molar-refractivity contribution in [2.24, 2.45) is 5.73 Å². The predicted molar refractivity (Wildman–Crippen MR) is 58.8 cm³/mol. The van der Waals surface area contributed by atoms with Crippen LogP contribution in [0.1, 0.15) is 29.7 Å². The predicted octanol–water partition coefficient (Wildman–Crippen LogP) is 2.15. The first-order valence-electron chi connectivity index (χ1n) is 5.52. The third-order valence-electron chi connectivity index (χ3n) is 2.22. The summed E-state index contributed by atoms with van der Waals surface area (Å²) < 4.78 is 42.0. The summed E-state index contributed by atoms with van der Waals surface area (Å²) in [6.45, 7) is 0.541. The van der Waals surface area contributed by atoms with E-state index in [1.54, 1.807) is 6.92 Å². The first kappa shape index (κ1) is 14.6. The number of alkyl halides is 3. The summed E-state index contributed by atoms with van der Waals surface area (Å²) in [5, 5.41) is 0. The van der Waals surface area contributed by atoms with Crippen LogP contribution in [0, 0.1) is 0 Å². The molecule has 102 valence electrons. The van der Waals surface area contributed by atoms with Crippen molar-refractivity contribution in [1.82, 2.24) is 4.90 Å². The minimum absolute atomic E-state index is 0.0248. The minimum Gasteiger partial charge on any atom is -0.455 e. The molecule has 0 radical (unpaired) electrons. The Morgan fingerprint density at radius 3 is 2.56 bits per heavy atom. The van der Waals surface area contributed by atoms with Crippen LogP contribution < -0.4 is 5.73 Å². The normalized spacial score (nSPS) is 11.6. The Balaban J connectivity index is 2.81. The van der Waals surface area contributed by atoms with Gasteiger partial charge in [-0.15, -0.1) is 0 Å². The van der Waals surface area contributed by atoms with Crippen LogP contribution in [-0.2, 0) is 6.54 Å². The first-order chi connectivity index (χ1) is 8.37. The van der Waals surface area contributed by atoms with Crippen LogP contribution in [0.25, 0.3) is 0 Å². The van der Waals surface area contributed by atoms with Crippen LogP contribution in [0.3, 0.4) is 0 Å². The standard InChI is InChI=1S/C11H15F3N2O2/c1-2-5-16(7-11(12,13)14)10(17)9-4-3-8(6-15)18-9/h3-4H,2,5-7,15H2,1H3. The van der Waals surface area contributed by atoms with Gasteiger partial charge >= 0.3 is 6.18 Å². The highest BCUT2D eigenvalue weighted by molar-refractivity contribution is 5.91. The van der Waals surface area contributed by atoms with Gasteiger partial charge in [-0.25, -0.2) is 0 Å². The van der Waals surface area contributed by atoms with E-state index in [0.29, 0.717) is 12.2 Å². The van der Waals surface area contributed by atoms with Gasteiger partial charge in [-0.2, -0.15) is 13.2 Å². The molecule has 18 heavy (non-hydrogen) atoms. The molecule has 0 aliphatic heterocycles. The van der Waals surface area contributed by atoms with Crippen LogP contribution in [0.2, 0.25) is 0 Å². The number of nitrogens with two attached hydrogens (primary N) is 1. The summed E-state index contributed by atoms with van der Waals surface area (Å²) in [7, 11) is 0. The fourth-order valence-corrected chi connectivity index (χ4v) is 1.50. The molecule has 1 rings (SSSR count). The maximum absolute atomic E-state index is 12.3. The Labute approximate surface area is 103 Å². The van der Waals surface area contributed by atoms with Gasteiger partial charge in [-0.1, -0.05) is 6.92 Å². The molecule has 2 N–H and O–H groups in total. The van der Waals surface area contributed by atoms with Gasteiger partial charge < -0.3 is 15.1 Å². The molecule has 0 unspecified atom stereocenters.